The first-order chi connectivity index (χ1) is 13.6. The Hall–Kier alpha value is -3.40. The Kier molecular flexibility index (Phi) is 6.22. The first-order valence-corrected chi connectivity index (χ1v) is 9.22. The summed E-state index contributed by atoms with van der Waals surface area (Å²) in [7, 11) is 0. The molecular weight excluding hydrogens is 356 g/mol. The monoisotopic (exact) mass is 378 g/mol. The van der Waals surface area contributed by atoms with E-state index in [2.05, 4.69) is 11.1 Å². The Morgan fingerprint density at radius 1 is 1.32 bits per heavy atom. The number of carbonyl (C=O) groups is 2. The van der Waals surface area contributed by atoms with Gasteiger partial charge in [-0.1, -0.05) is 12.1 Å². The first-order valence-electron chi connectivity index (χ1n) is 9.22. The number of aryl methyl sites for hydroxylation is 1. The molecule has 7 nitrogen and oxygen atoms in total. The second-order valence-electron chi connectivity index (χ2n) is 6.91. The molecule has 1 aliphatic rings. The number of pyridine rings is 1. The van der Waals surface area contributed by atoms with E-state index >= 15 is 0 Å². The predicted octanol–water partition coefficient (Wildman–Crippen LogP) is 2.51. The number of aromatic nitrogens is 1. The van der Waals surface area contributed by atoms with Gasteiger partial charge in [-0.05, 0) is 55.0 Å². The summed E-state index contributed by atoms with van der Waals surface area (Å²) in [5.41, 5.74) is 7.29. The van der Waals surface area contributed by atoms with Crippen LogP contribution in [-0.2, 0) is 11.2 Å². The lowest BCUT2D eigenvalue weighted by molar-refractivity contribution is -0.125. The van der Waals surface area contributed by atoms with Gasteiger partial charge in [-0.15, -0.1) is 0 Å². The maximum Gasteiger partial charge on any atom is 0.415 e. The maximum absolute atomic E-state index is 12.4. The lowest BCUT2D eigenvalue weighted by Gasteiger charge is -2.36. The van der Waals surface area contributed by atoms with Crippen LogP contribution in [0.3, 0.4) is 0 Å². The Morgan fingerprint density at radius 3 is 2.89 bits per heavy atom. The number of primary amides is 1. The number of piperidine rings is 1. The van der Waals surface area contributed by atoms with E-state index in [9.17, 15) is 9.59 Å². The van der Waals surface area contributed by atoms with E-state index in [0.717, 1.165) is 18.4 Å². The zero-order chi connectivity index (χ0) is 19.9. The minimum absolute atomic E-state index is 0.0886. The fourth-order valence-electron chi connectivity index (χ4n) is 3.56. The number of hydrogen-bond acceptors (Lipinski definition) is 5. The lowest BCUT2D eigenvalue weighted by atomic mass is 9.81. The van der Waals surface area contributed by atoms with Gasteiger partial charge < -0.3 is 15.4 Å². The molecule has 1 fully saturated rings. The molecule has 2 aromatic rings. The first kappa shape index (κ1) is 19.4. The van der Waals surface area contributed by atoms with Gasteiger partial charge in [0, 0.05) is 19.3 Å². The van der Waals surface area contributed by atoms with E-state index in [0.29, 0.717) is 24.3 Å². The Morgan fingerprint density at radius 2 is 2.18 bits per heavy atom. The molecule has 2 N–H and O–H groups in total. The number of benzene rings is 1. The predicted molar refractivity (Wildman–Crippen MR) is 102 cm³/mol. The minimum atomic E-state index is -0.501. The Balaban J connectivity index is 1.60. The Bertz CT molecular complexity index is 879. The third kappa shape index (κ3) is 4.86. The van der Waals surface area contributed by atoms with Crippen LogP contribution in [0.5, 0.6) is 5.75 Å². The van der Waals surface area contributed by atoms with Crippen LogP contribution < -0.4 is 10.5 Å². The summed E-state index contributed by atoms with van der Waals surface area (Å²) in [5.74, 6) is -0.377. The molecule has 0 saturated carbocycles. The van der Waals surface area contributed by atoms with Crippen molar-refractivity contribution in [1.82, 2.24) is 9.88 Å². The third-order valence-corrected chi connectivity index (χ3v) is 5.08. The van der Waals surface area contributed by atoms with E-state index in [1.54, 1.807) is 24.4 Å². The Labute approximate surface area is 163 Å². The van der Waals surface area contributed by atoms with Crippen molar-refractivity contribution in [1.29, 1.82) is 5.26 Å². The molecule has 2 amide bonds. The van der Waals surface area contributed by atoms with Crippen molar-refractivity contribution in [2.24, 2.45) is 17.6 Å². The number of hydrogen-bond donors (Lipinski definition) is 1. The highest BCUT2D eigenvalue weighted by molar-refractivity contribution is 5.79. The summed E-state index contributed by atoms with van der Waals surface area (Å²) in [6, 6.07) is 12.9. The van der Waals surface area contributed by atoms with Gasteiger partial charge in [0.05, 0.1) is 23.7 Å². The standard InChI is InChI=1S/C21H22N4O3/c22-12-16-4-1-3-15(11-16)6-7-17-8-10-25(14-19(17)20(23)26)21(27)28-18-5-2-9-24-13-18/h1-5,9,11,13,17,19H,6-8,10,14H2,(H2,23,26). The fraction of sp³-hybridized carbons (Fsp3) is 0.333. The quantitative estimate of drug-likeness (QED) is 0.860. The fourth-order valence-corrected chi connectivity index (χ4v) is 3.56. The number of rotatable bonds is 5. The van der Waals surface area contributed by atoms with Crippen molar-refractivity contribution in [3.63, 3.8) is 0 Å². The lowest BCUT2D eigenvalue weighted by Crippen LogP contribution is -2.49. The van der Waals surface area contributed by atoms with Gasteiger partial charge in [-0.2, -0.15) is 5.26 Å². The van der Waals surface area contributed by atoms with Crippen LogP contribution in [0.15, 0.2) is 48.8 Å². The van der Waals surface area contributed by atoms with Gasteiger partial charge in [0.1, 0.15) is 0 Å². The number of nitriles is 1. The molecule has 2 heterocycles. The summed E-state index contributed by atoms with van der Waals surface area (Å²) < 4.78 is 5.31. The van der Waals surface area contributed by atoms with Gasteiger partial charge in [0.2, 0.25) is 5.91 Å². The van der Waals surface area contributed by atoms with Crippen LogP contribution in [0, 0.1) is 23.2 Å². The van der Waals surface area contributed by atoms with Crippen molar-refractivity contribution in [2.75, 3.05) is 13.1 Å². The smallest absolute Gasteiger partial charge is 0.409 e. The van der Waals surface area contributed by atoms with Gasteiger partial charge in [-0.25, -0.2) is 4.79 Å². The average Bonchev–Trinajstić information content (AvgIpc) is 2.73. The summed E-state index contributed by atoms with van der Waals surface area (Å²) >= 11 is 0. The number of nitrogens with zero attached hydrogens (tertiary/aromatic N) is 3. The SMILES string of the molecule is N#Cc1cccc(CCC2CCN(C(=O)Oc3cccnc3)CC2C(N)=O)c1. The zero-order valence-electron chi connectivity index (χ0n) is 15.5. The largest absolute Gasteiger partial charge is 0.415 e. The van der Waals surface area contributed by atoms with Crippen LogP contribution in [0.25, 0.3) is 0 Å². The second kappa shape index (κ2) is 9.00. The minimum Gasteiger partial charge on any atom is -0.409 e. The van der Waals surface area contributed by atoms with E-state index in [1.807, 2.05) is 18.2 Å². The normalized spacial score (nSPS) is 18.9. The third-order valence-electron chi connectivity index (χ3n) is 5.08. The van der Waals surface area contributed by atoms with Crippen LogP contribution in [0.4, 0.5) is 4.79 Å². The number of nitrogens with two attached hydrogens (primary N) is 1. The molecule has 28 heavy (non-hydrogen) atoms. The molecule has 1 aromatic heterocycles. The molecule has 0 aliphatic carbocycles. The number of ether oxygens (including phenoxy) is 1. The molecule has 1 aliphatic heterocycles. The van der Waals surface area contributed by atoms with Crippen molar-refractivity contribution in [3.8, 4) is 11.8 Å². The number of amides is 2. The number of likely N-dealkylation sites (tertiary alicyclic amines) is 1. The van der Waals surface area contributed by atoms with E-state index in [4.69, 9.17) is 15.7 Å². The topological polar surface area (TPSA) is 109 Å². The molecule has 2 atom stereocenters. The van der Waals surface area contributed by atoms with E-state index in [1.165, 1.54) is 11.1 Å². The van der Waals surface area contributed by atoms with Gasteiger partial charge in [0.15, 0.2) is 5.75 Å². The molecule has 3 rings (SSSR count). The second-order valence-corrected chi connectivity index (χ2v) is 6.91. The molecule has 0 radical (unpaired) electrons. The van der Waals surface area contributed by atoms with Crippen molar-refractivity contribution < 1.29 is 14.3 Å². The molecule has 0 bridgehead atoms. The van der Waals surface area contributed by atoms with Crippen LogP contribution >= 0.6 is 0 Å². The van der Waals surface area contributed by atoms with Gasteiger partial charge in [0.25, 0.3) is 0 Å². The zero-order valence-corrected chi connectivity index (χ0v) is 15.5. The number of carbonyl (C=O) groups excluding carboxylic acids is 2. The maximum atomic E-state index is 12.4. The molecule has 1 aromatic carbocycles. The van der Waals surface area contributed by atoms with E-state index in [-0.39, 0.29) is 12.5 Å². The molecule has 2 unspecified atom stereocenters. The summed E-state index contributed by atoms with van der Waals surface area (Å²) in [4.78, 5) is 29.8. The molecular formula is C21H22N4O3. The van der Waals surface area contributed by atoms with Gasteiger partial charge >= 0.3 is 6.09 Å². The molecule has 144 valence electrons. The van der Waals surface area contributed by atoms with Crippen LogP contribution in [0.2, 0.25) is 0 Å². The highest BCUT2D eigenvalue weighted by Crippen LogP contribution is 2.28. The van der Waals surface area contributed by atoms with Crippen molar-refractivity contribution in [2.45, 2.75) is 19.3 Å². The molecule has 0 spiro atoms. The molecule has 1 saturated heterocycles. The average molecular weight is 378 g/mol. The van der Waals surface area contributed by atoms with E-state index < -0.39 is 17.9 Å². The van der Waals surface area contributed by atoms with Crippen LogP contribution in [-0.4, -0.2) is 35.0 Å². The van der Waals surface area contributed by atoms with Crippen LogP contribution in [0.1, 0.15) is 24.0 Å². The summed E-state index contributed by atoms with van der Waals surface area (Å²) in [6.07, 6.45) is 4.76. The van der Waals surface area contributed by atoms with Gasteiger partial charge in [-0.3, -0.25) is 9.78 Å². The highest BCUT2D eigenvalue weighted by Gasteiger charge is 2.35. The van der Waals surface area contributed by atoms with Crippen molar-refractivity contribution in [3.05, 3.63) is 59.9 Å². The highest BCUT2D eigenvalue weighted by atomic mass is 16.6. The summed E-state index contributed by atoms with van der Waals surface area (Å²) in [5, 5.41) is 9.02. The molecule has 7 heteroatoms. The van der Waals surface area contributed by atoms with Crippen molar-refractivity contribution >= 4 is 12.0 Å². The summed E-state index contributed by atoms with van der Waals surface area (Å²) in [6.45, 7) is 0.753.